The summed E-state index contributed by atoms with van der Waals surface area (Å²) in [6.07, 6.45) is 0. The first-order valence-corrected chi connectivity index (χ1v) is 4.16. The van der Waals surface area contributed by atoms with Crippen LogP contribution in [0.1, 0.15) is 13.8 Å². The van der Waals surface area contributed by atoms with Crippen LogP contribution in [0.2, 0.25) is 0 Å². The maximum atomic E-state index is 5.18. The Labute approximate surface area is 53.9 Å². The Morgan fingerprint density at radius 1 is 1.38 bits per heavy atom. The van der Waals surface area contributed by atoms with Crippen LogP contribution in [-0.4, -0.2) is 19.5 Å². The van der Waals surface area contributed by atoms with E-state index >= 15 is 0 Å². The van der Waals surface area contributed by atoms with E-state index in [1.165, 1.54) is 0 Å². The molecule has 0 aliphatic heterocycles. The fourth-order valence-corrected chi connectivity index (χ4v) is 1.25. The lowest BCUT2D eigenvalue weighted by Gasteiger charge is -2.19. The maximum absolute atomic E-state index is 5.18. The molecule has 0 aromatic heterocycles. The molecule has 2 nitrogen and oxygen atoms in total. The van der Waals surface area contributed by atoms with Crippen molar-refractivity contribution in [3.8, 4) is 0 Å². The van der Waals surface area contributed by atoms with Gasteiger partial charge in [-0.05, 0) is 13.8 Å². The number of thiol groups is 1. The summed E-state index contributed by atoms with van der Waals surface area (Å²) in [5.74, 6) is 0.986. The van der Waals surface area contributed by atoms with Crippen LogP contribution >= 0.6 is 11.5 Å². The fourth-order valence-electron chi connectivity index (χ4n) is 0.417. The minimum Gasteiger partial charge on any atom is -0.290 e. The van der Waals surface area contributed by atoms with E-state index in [0.717, 1.165) is 12.4 Å². The molecule has 52 valence electrons. The molecular formula is C5H14O2S. The summed E-state index contributed by atoms with van der Waals surface area (Å²) in [6.45, 7) is 4.79. The predicted octanol–water partition coefficient (Wildman–Crippen LogP) is 1.52. The van der Waals surface area contributed by atoms with Crippen molar-refractivity contribution in [2.24, 2.45) is 0 Å². The van der Waals surface area contributed by atoms with Gasteiger partial charge < -0.3 is 0 Å². The van der Waals surface area contributed by atoms with E-state index in [1.54, 1.807) is 7.11 Å². The van der Waals surface area contributed by atoms with E-state index in [2.05, 4.69) is 6.92 Å². The largest absolute Gasteiger partial charge is 0.290 e. The Hall–Kier alpha value is 0.270. The van der Waals surface area contributed by atoms with Crippen molar-refractivity contribution in [1.82, 2.24) is 0 Å². The minimum atomic E-state index is -0.556. The molecule has 3 heteroatoms. The molecule has 0 heterocycles. The van der Waals surface area contributed by atoms with Gasteiger partial charge in [0.15, 0.2) is 0 Å². The van der Waals surface area contributed by atoms with Gasteiger partial charge in [0, 0.05) is 5.75 Å². The molecule has 0 amide bonds. The van der Waals surface area contributed by atoms with Crippen LogP contribution in [0.15, 0.2) is 0 Å². The average molecular weight is 138 g/mol. The highest BCUT2D eigenvalue weighted by Gasteiger charge is 1.89. The fraction of sp³-hybridized carbons (Fsp3) is 1.00. The van der Waals surface area contributed by atoms with Crippen LogP contribution in [0.4, 0.5) is 0 Å². The third-order valence-electron chi connectivity index (χ3n) is 0.735. The number of hydrogen-bond donors (Lipinski definition) is 1. The molecule has 0 aromatic carbocycles. The van der Waals surface area contributed by atoms with Crippen molar-refractivity contribution < 1.29 is 8.37 Å². The summed E-state index contributed by atoms with van der Waals surface area (Å²) in [5, 5.41) is 0. The van der Waals surface area contributed by atoms with Crippen LogP contribution in [0.5, 0.6) is 0 Å². The van der Waals surface area contributed by atoms with E-state index < -0.39 is 11.5 Å². The second-order valence-corrected chi connectivity index (χ2v) is 3.17. The molecule has 1 unspecified atom stereocenters. The number of rotatable bonds is 4. The van der Waals surface area contributed by atoms with E-state index in [-0.39, 0.29) is 0 Å². The molecule has 0 bridgehead atoms. The summed E-state index contributed by atoms with van der Waals surface area (Å²) in [4.78, 5) is 0. The van der Waals surface area contributed by atoms with Gasteiger partial charge in [-0.1, -0.05) is 0 Å². The van der Waals surface area contributed by atoms with Gasteiger partial charge in [0.05, 0.1) is 13.7 Å². The van der Waals surface area contributed by atoms with E-state index in [0.29, 0.717) is 0 Å². The van der Waals surface area contributed by atoms with E-state index in [9.17, 15) is 0 Å². The normalized spacial score (nSPS) is 16.1. The molecule has 0 aliphatic rings. The lowest BCUT2D eigenvalue weighted by molar-refractivity contribution is 0.323. The highest BCUT2D eigenvalue weighted by molar-refractivity contribution is 8.08. The zero-order chi connectivity index (χ0) is 6.41. The summed E-state index contributed by atoms with van der Waals surface area (Å²) >= 11 is -0.556. The summed E-state index contributed by atoms with van der Waals surface area (Å²) < 4.78 is 10.2. The second kappa shape index (κ2) is 5.41. The first-order chi connectivity index (χ1) is 3.85. The van der Waals surface area contributed by atoms with Crippen molar-refractivity contribution in [3.63, 3.8) is 0 Å². The van der Waals surface area contributed by atoms with Gasteiger partial charge in [0.1, 0.15) is 0 Å². The van der Waals surface area contributed by atoms with Crippen molar-refractivity contribution in [3.05, 3.63) is 0 Å². The highest BCUT2D eigenvalue weighted by atomic mass is 32.2. The SMILES string of the molecule is CCO[SH](CC)OC. The summed E-state index contributed by atoms with van der Waals surface area (Å²) in [5.41, 5.74) is 0. The van der Waals surface area contributed by atoms with Gasteiger partial charge >= 0.3 is 0 Å². The monoisotopic (exact) mass is 138 g/mol. The molecule has 0 saturated carbocycles. The molecule has 0 aliphatic carbocycles. The first kappa shape index (κ1) is 8.27. The molecule has 0 spiro atoms. The second-order valence-electron chi connectivity index (χ2n) is 1.25. The standard InChI is InChI=1S/C5H14O2S/c1-4-7-8(5-2)6-3/h8H,4-5H2,1-3H3. The maximum Gasteiger partial charge on any atom is 0.0682 e. The smallest absolute Gasteiger partial charge is 0.0682 e. The molecule has 0 aromatic rings. The molecular weight excluding hydrogens is 124 g/mol. The lowest BCUT2D eigenvalue weighted by atomic mass is 10.9. The van der Waals surface area contributed by atoms with Gasteiger partial charge in [0.2, 0.25) is 0 Å². The van der Waals surface area contributed by atoms with Crippen LogP contribution in [0.25, 0.3) is 0 Å². The zero-order valence-corrected chi connectivity index (χ0v) is 6.57. The Balaban J connectivity index is 3.07. The Bertz CT molecular complexity index is 45.7. The van der Waals surface area contributed by atoms with Gasteiger partial charge in [-0.3, -0.25) is 8.37 Å². The van der Waals surface area contributed by atoms with Gasteiger partial charge in [-0.15, -0.1) is 0 Å². The van der Waals surface area contributed by atoms with Crippen molar-refractivity contribution in [1.29, 1.82) is 0 Å². The van der Waals surface area contributed by atoms with Gasteiger partial charge in [-0.25, -0.2) is 11.5 Å². The van der Waals surface area contributed by atoms with Crippen molar-refractivity contribution in [2.45, 2.75) is 13.8 Å². The molecule has 8 heavy (non-hydrogen) atoms. The number of hydrogen-bond acceptors (Lipinski definition) is 2. The minimum absolute atomic E-state index is 0.556. The van der Waals surface area contributed by atoms with Crippen molar-refractivity contribution >= 4 is 11.5 Å². The molecule has 0 rings (SSSR count). The Morgan fingerprint density at radius 2 is 2.00 bits per heavy atom. The van der Waals surface area contributed by atoms with Crippen molar-refractivity contribution in [2.75, 3.05) is 19.5 Å². The predicted molar refractivity (Wildman–Crippen MR) is 38.2 cm³/mol. The molecule has 1 atom stereocenters. The topological polar surface area (TPSA) is 18.5 Å². The lowest BCUT2D eigenvalue weighted by Crippen LogP contribution is -1.92. The third kappa shape index (κ3) is 3.29. The highest BCUT2D eigenvalue weighted by Crippen LogP contribution is 2.24. The van der Waals surface area contributed by atoms with Crippen LogP contribution in [-0.2, 0) is 8.37 Å². The Kier molecular flexibility index (Phi) is 5.59. The van der Waals surface area contributed by atoms with Crippen LogP contribution in [0.3, 0.4) is 0 Å². The summed E-state index contributed by atoms with van der Waals surface area (Å²) in [7, 11) is 1.69. The zero-order valence-electron chi connectivity index (χ0n) is 5.68. The molecule has 0 fully saturated rings. The molecule has 0 saturated heterocycles. The van der Waals surface area contributed by atoms with Gasteiger partial charge in [0.25, 0.3) is 0 Å². The summed E-state index contributed by atoms with van der Waals surface area (Å²) in [6, 6.07) is 0. The molecule has 0 N–H and O–H groups in total. The van der Waals surface area contributed by atoms with Gasteiger partial charge in [-0.2, -0.15) is 0 Å². The van der Waals surface area contributed by atoms with Crippen LogP contribution < -0.4 is 0 Å². The average Bonchev–Trinajstić information content (AvgIpc) is 1.83. The quantitative estimate of drug-likeness (QED) is 0.594. The molecule has 0 radical (unpaired) electrons. The van der Waals surface area contributed by atoms with E-state index in [1.807, 2.05) is 6.92 Å². The Morgan fingerprint density at radius 3 is 2.12 bits per heavy atom. The van der Waals surface area contributed by atoms with E-state index in [4.69, 9.17) is 8.37 Å². The van der Waals surface area contributed by atoms with Crippen LogP contribution in [0, 0.1) is 0 Å². The first-order valence-electron chi connectivity index (χ1n) is 2.79. The third-order valence-corrected chi connectivity index (χ3v) is 2.20.